The summed E-state index contributed by atoms with van der Waals surface area (Å²) >= 11 is 0. The van der Waals surface area contributed by atoms with Gasteiger partial charge in [0.05, 0.1) is 0 Å². The summed E-state index contributed by atoms with van der Waals surface area (Å²) in [7, 11) is -3.99. The summed E-state index contributed by atoms with van der Waals surface area (Å²) in [5.74, 6) is -0.860. The summed E-state index contributed by atoms with van der Waals surface area (Å²) in [5.41, 5.74) is 2.68. The Bertz CT molecular complexity index is 1020. The van der Waals surface area contributed by atoms with Crippen molar-refractivity contribution in [2.75, 3.05) is 5.32 Å². The van der Waals surface area contributed by atoms with Gasteiger partial charge in [-0.3, -0.25) is 8.98 Å². The van der Waals surface area contributed by atoms with Gasteiger partial charge in [-0.15, -0.1) is 0 Å². The largest absolute Gasteiger partial charge is 0.323 e. The first-order chi connectivity index (χ1) is 13.4. The lowest BCUT2D eigenvalue weighted by molar-refractivity contribution is -0.122. The Balaban J connectivity index is 1.82. The molecule has 0 saturated carbocycles. The molecule has 0 radical (unpaired) electrons. The first-order valence-electron chi connectivity index (χ1n) is 8.80. The number of nitrogens with one attached hydrogen (secondary N) is 1. The van der Waals surface area contributed by atoms with Crippen LogP contribution in [-0.2, 0) is 24.8 Å². The molecule has 6 heteroatoms. The minimum absolute atomic E-state index is 0.311. The molecule has 0 fully saturated rings. The van der Waals surface area contributed by atoms with E-state index in [0.717, 1.165) is 5.56 Å². The number of anilines is 1. The van der Waals surface area contributed by atoms with E-state index in [2.05, 4.69) is 5.32 Å². The highest BCUT2D eigenvalue weighted by molar-refractivity contribution is 7.85. The van der Waals surface area contributed by atoms with Crippen molar-refractivity contribution in [2.24, 2.45) is 0 Å². The lowest BCUT2D eigenvalue weighted by Crippen LogP contribution is -2.26. The monoisotopic (exact) mass is 395 g/mol. The number of aryl methyl sites for hydroxylation is 1. The van der Waals surface area contributed by atoms with Crippen LogP contribution in [0.4, 0.5) is 5.69 Å². The zero-order chi connectivity index (χ0) is 20.0. The summed E-state index contributed by atoms with van der Waals surface area (Å²) in [4.78, 5) is 12.8. The molecular formula is C22H21NO4S. The highest BCUT2D eigenvalue weighted by atomic mass is 32.2. The van der Waals surface area contributed by atoms with Crippen molar-refractivity contribution in [1.82, 2.24) is 0 Å². The van der Waals surface area contributed by atoms with Gasteiger partial charge in [-0.25, -0.2) is 0 Å². The van der Waals surface area contributed by atoms with Gasteiger partial charge in [0.2, 0.25) is 0 Å². The molecule has 0 aromatic heterocycles. The zero-order valence-corrected chi connectivity index (χ0v) is 16.2. The number of hydrogen-bond acceptors (Lipinski definition) is 4. The lowest BCUT2D eigenvalue weighted by atomic mass is 10.1. The summed E-state index contributed by atoms with van der Waals surface area (Å²) < 4.78 is 30.5. The molecule has 3 aromatic rings. The average Bonchev–Trinajstić information content (AvgIpc) is 2.69. The van der Waals surface area contributed by atoms with E-state index in [0.29, 0.717) is 16.8 Å². The number of benzene rings is 3. The maximum Gasteiger partial charge on any atom is 0.272 e. The minimum atomic E-state index is -3.99. The second-order valence-electron chi connectivity index (χ2n) is 6.43. The Morgan fingerprint density at radius 1 is 0.893 bits per heavy atom. The highest BCUT2D eigenvalue weighted by Crippen LogP contribution is 2.24. The van der Waals surface area contributed by atoms with Crippen LogP contribution in [-0.4, -0.2) is 14.3 Å². The van der Waals surface area contributed by atoms with Crippen LogP contribution in [0, 0.1) is 6.92 Å². The van der Waals surface area contributed by atoms with Crippen LogP contribution in [0.3, 0.4) is 0 Å². The number of rotatable bonds is 7. The molecule has 28 heavy (non-hydrogen) atoms. The third-order valence-electron chi connectivity index (χ3n) is 4.09. The SMILES string of the molecule is Cc1ccc(NC(=O)[C@@H](OS(=O)(=O)Cc2ccccc2)c2ccccc2)cc1. The molecule has 0 spiro atoms. The van der Waals surface area contributed by atoms with Crippen LogP contribution in [0.5, 0.6) is 0 Å². The van der Waals surface area contributed by atoms with E-state index in [4.69, 9.17) is 4.18 Å². The topological polar surface area (TPSA) is 72.5 Å². The van der Waals surface area contributed by atoms with Gasteiger partial charge in [-0.05, 0) is 30.2 Å². The quantitative estimate of drug-likeness (QED) is 0.608. The normalized spacial score (nSPS) is 12.3. The Hall–Kier alpha value is -2.96. The highest BCUT2D eigenvalue weighted by Gasteiger charge is 2.28. The maximum atomic E-state index is 12.8. The summed E-state index contributed by atoms with van der Waals surface area (Å²) in [6.07, 6.45) is -1.28. The van der Waals surface area contributed by atoms with Crippen molar-refractivity contribution in [3.63, 3.8) is 0 Å². The number of hydrogen-bond donors (Lipinski definition) is 1. The molecule has 3 aromatic carbocycles. The van der Waals surface area contributed by atoms with E-state index >= 15 is 0 Å². The molecule has 0 bridgehead atoms. The second-order valence-corrected chi connectivity index (χ2v) is 8.03. The molecule has 0 aliphatic carbocycles. The van der Waals surface area contributed by atoms with Gasteiger partial charge in [-0.1, -0.05) is 78.4 Å². The van der Waals surface area contributed by atoms with Crippen LogP contribution in [0.2, 0.25) is 0 Å². The average molecular weight is 395 g/mol. The van der Waals surface area contributed by atoms with Crippen molar-refractivity contribution in [1.29, 1.82) is 0 Å². The van der Waals surface area contributed by atoms with Gasteiger partial charge in [0.25, 0.3) is 16.0 Å². The van der Waals surface area contributed by atoms with Crippen molar-refractivity contribution in [2.45, 2.75) is 18.8 Å². The molecule has 144 valence electrons. The summed E-state index contributed by atoms with van der Waals surface area (Å²) in [6, 6.07) is 24.5. The number of amides is 1. The molecule has 3 rings (SSSR count). The molecule has 0 heterocycles. The zero-order valence-electron chi connectivity index (χ0n) is 15.4. The van der Waals surface area contributed by atoms with Gasteiger partial charge < -0.3 is 5.32 Å². The van der Waals surface area contributed by atoms with Crippen molar-refractivity contribution in [3.05, 3.63) is 102 Å². The van der Waals surface area contributed by atoms with E-state index in [1.807, 2.05) is 19.1 Å². The van der Waals surface area contributed by atoms with E-state index < -0.39 is 22.1 Å². The van der Waals surface area contributed by atoms with Gasteiger partial charge in [-0.2, -0.15) is 8.42 Å². The lowest BCUT2D eigenvalue weighted by Gasteiger charge is -2.18. The molecule has 1 atom stereocenters. The molecule has 0 aliphatic rings. The fourth-order valence-corrected chi connectivity index (χ4v) is 3.84. The Kier molecular flexibility index (Phi) is 6.23. The van der Waals surface area contributed by atoms with Crippen LogP contribution in [0.15, 0.2) is 84.9 Å². The van der Waals surface area contributed by atoms with E-state index in [9.17, 15) is 13.2 Å². The molecule has 5 nitrogen and oxygen atoms in total. The maximum absolute atomic E-state index is 12.8. The Morgan fingerprint density at radius 3 is 2.07 bits per heavy atom. The van der Waals surface area contributed by atoms with Gasteiger partial charge >= 0.3 is 0 Å². The van der Waals surface area contributed by atoms with Gasteiger partial charge in [0, 0.05) is 5.69 Å². The van der Waals surface area contributed by atoms with Crippen LogP contribution in [0.1, 0.15) is 22.8 Å². The standard InChI is InChI=1S/C22H21NO4S/c1-17-12-14-20(15-13-17)23-22(24)21(19-10-6-3-7-11-19)27-28(25,26)16-18-8-4-2-5-9-18/h2-15,21H,16H2,1H3,(H,23,24)/t21-/m0/s1. The second kappa shape index (κ2) is 8.82. The van der Waals surface area contributed by atoms with E-state index in [-0.39, 0.29) is 5.75 Å². The summed E-state index contributed by atoms with van der Waals surface area (Å²) in [5, 5.41) is 2.73. The molecular weight excluding hydrogens is 374 g/mol. The number of carbonyl (C=O) groups excluding carboxylic acids is 1. The summed E-state index contributed by atoms with van der Waals surface area (Å²) in [6.45, 7) is 1.94. The van der Waals surface area contributed by atoms with Crippen molar-refractivity contribution in [3.8, 4) is 0 Å². The Morgan fingerprint density at radius 2 is 1.46 bits per heavy atom. The third-order valence-corrected chi connectivity index (χ3v) is 5.26. The van der Waals surface area contributed by atoms with Crippen LogP contribution < -0.4 is 5.32 Å². The molecule has 1 N–H and O–H groups in total. The van der Waals surface area contributed by atoms with Gasteiger partial charge in [0.1, 0.15) is 5.75 Å². The van der Waals surface area contributed by atoms with E-state index in [1.54, 1.807) is 72.8 Å². The van der Waals surface area contributed by atoms with Crippen LogP contribution in [0.25, 0.3) is 0 Å². The number of carbonyl (C=O) groups is 1. The predicted molar refractivity (Wildman–Crippen MR) is 109 cm³/mol. The van der Waals surface area contributed by atoms with Crippen molar-refractivity contribution < 1.29 is 17.4 Å². The fraction of sp³-hybridized carbons (Fsp3) is 0.136. The van der Waals surface area contributed by atoms with Gasteiger partial charge in [0.15, 0.2) is 6.10 Å². The molecule has 1 amide bonds. The molecule has 0 unspecified atom stereocenters. The third kappa shape index (κ3) is 5.52. The molecule has 0 aliphatic heterocycles. The Labute approximate surface area is 165 Å². The first kappa shape index (κ1) is 19.8. The van der Waals surface area contributed by atoms with E-state index in [1.165, 1.54) is 0 Å². The van der Waals surface area contributed by atoms with Crippen molar-refractivity contribution >= 4 is 21.7 Å². The minimum Gasteiger partial charge on any atom is -0.323 e. The van der Waals surface area contributed by atoms with Crippen LogP contribution >= 0.6 is 0 Å². The first-order valence-corrected chi connectivity index (χ1v) is 10.4. The predicted octanol–water partition coefficient (Wildman–Crippen LogP) is 4.22. The molecule has 0 saturated heterocycles. The smallest absolute Gasteiger partial charge is 0.272 e. The fourth-order valence-electron chi connectivity index (χ4n) is 2.68.